The normalized spacial score (nSPS) is 18.5. The Labute approximate surface area is 124 Å². The van der Waals surface area contributed by atoms with Crippen LogP contribution >= 0.6 is 24.0 Å². The Morgan fingerprint density at radius 1 is 1.58 bits per heavy atom. The van der Waals surface area contributed by atoms with Crippen LogP contribution in [0.4, 0.5) is 5.69 Å². The lowest BCUT2D eigenvalue weighted by molar-refractivity contribution is 0.187. The van der Waals surface area contributed by atoms with Crippen LogP contribution in [0.25, 0.3) is 0 Å². The van der Waals surface area contributed by atoms with Crippen LogP contribution in [-0.2, 0) is 4.74 Å². The van der Waals surface area contributed by atoms with Crippen molar-refractivity contribution in [3.63, 3.8) is 0 Å². The van der Waals surface area contributed by atoms with E-state index in [1.807, 2.05) is 12.1 Å². The van der Waals surface area contributed by atoms with Gasteiger partial charge in [-0.1, -0.05) is 25.2 Å². The van der Waals surface area contributed by atoms with E-state index in [1.54, 1.807) is 11.8 Å². The zero-order chi connectivity index (χ0) is 13.7. The number of benzene rings is 1. The van der Waals surface area contributed by atoms with Gasteiger partial charge in [-0.15, -0.1) is 11.8 Å². The number of anilines is 1. The van der Waals surface area contributed by atoms with E-state index < -0.39 is 0 Å². The van der Waals surface area contributed by atoms with Crippen LogP contribution in [-0.4, -0.2) is 30.5 Å². The predicted molar refractivity (Wildman–Crippen MR) is 86.1 cm³/mol. The van der Waals surface area contributed by atoms with E-state index in [0.717, 1.165) is 48.1 Å². The zero-order valence-electron chi connectivity index (χ0n) is 11.1. The minimum atomic E-state index is 0.460. The summed E-state index contributed by atoms with van der Waals surface area (Å²) in [5.74, 6) is 1.59. The Morgan fingerprint density at radius 3 is 3.05 bits per heavy atom. The number of hydrogen-bond acceptors (Lipinski definition) is 4. The fourth-order valence-corrected chi connectivity index (χ4v) is 3.34. The van der Waals surface area contributed by atoms with Gasteiger partial charge in [0.25, 0.3) is 0 Å². The molecule has 1 aliphatic heterocycles. The van der Waals surface area contributed by atoms with Crippen molar-refractivity contribution in [2.75, 3.05) is 30.8 Å². The first kappa shape index (κ1) is 14.6. The summed E-state index contributed by atoms with van der Waals surface area (Å²) in [5.41, 5.74) is 7.90. The van der Waals surface area contributed by atoms with Crippen molar-refractivity contribution < 1.29 is 4.74 Å². The summed E-state index contributed by atoms with van der Waals surface area (Å²) in [6.45, 7) is 4.76. The molecule has 0 bridgehead atoms. The molecule has 0 spiro atoms. The van der Waals surface area contributed by atoms with Crippen molar-refractivity contribution >= 4 is 34.7 Å². The summed E-state index contributed by atoms with van der Waals surface area (Å²) in [5, 5.41) is 3.47. The molecular formula is C14H20N2OS2. The molecule has 1 heterocycles. The van der Waals surface area contributed by atoms with Gasteiger partial charge in [-0.2, -0.15) is 0 Å². The molecule has 2 rings (SSSR count). The molecule has 0 amide bonds. The van der Waals surface area contributed by atoms with Crippen LogP contribution < -0.4 is 11.1 Å². The maximum atomic E-state index is 5.88. The molecule has 3 N–H and O–H groups in total. The highest BCUT2D eigenvalue weighted by Gasteiger charge is 2.17. The Morgan fingerprint density at radius 2 is 2.42 bits per heavy atom. The molecule has 5 heteroatoms. The smallest absolute Gasteiger partial charge is 0.107 e. The highest BCUT2D eigenvalue weighted by atomic mass is 32.2. The van der Waals surface area contributed by atoms with E-state index in [1.165, 1.54) is 0 Å². The van der Waals surface area contributed by atoms with Gasteiger partial charge in [-0.25, -0.2) is 0 Å². The molecule has 0 aromatic heterocycles. The first-order valence-corrected chi connectivity index (χ1v) is 7.99. The second-order valence-electron chi connectivity index (χ2n) is 4.59. The molecule has 1 unspecified atom stereocenters. The Kier molecular flexibility index (Phi) is 5.48. The third-order valence-corrected chi connectivity index (χ3v) is 4.32. The number of ether oxygens (including phenoxy) is 1. The lowest BCUT2D eigenvalue weighted by atomic mass is 10.1. The maximum Gasteiger partial charge on any atom is 0.107 e. The molecule has 0 aliphatic carbocycles. The van der Waals surface area contributed by atoms with E-state index in [9.17, 15) is 0 Å². The number of nitrogens with two attached hydrogens (primary N) is 1. The van der Waals surface area contributed by atoms with Crippen LogP contribution in [0.3, 0.4) is 0 Å². The molecule has 1 saturated heterocycles. The molecule has 104 valence electrons. The SMILES string of the molecule is CCSc1cccc(NCC2CCOC2)c1C(N)=S. The molecule has 0 radical (unpaired) electrons. The standard InChI is InChI=1S/C14H20N2OS2/c1-2-19-12-5-3-4-11(13(12)14(15)18)16-8-10-6-7-17-9-10/h3-5,10,16H,2,6-9H2,1H3,(H2,15,18). The van der Waals surface area contributed by atoms with Gasteiger partial charge in [-0.05, 0) is 24.3 Å². The second-order valence-corrected chi connectivity index (χ2v) is 6.33. The summed E-state index contributed by atoms with van der Waals surface area (Å²) in [7, 11) is 0. The number of hydrogen-bond donors (Lipinski definition) is 2. The number of thiocarbonyl (C=S) groups is 1. The largest absolute Gasteiger partial charge is 0.389 e. The molecule has 1 aromatic carbocycles. The monoisotopic (exact) mass is 296 g/mol. The number of nitrogens with one attached hydrogen (secondary N) is 1. The maximum absolute atomic E-state index is 5.88. The lowest BCUT2D eigenvalue weighted by Gasteiger charge is -2.16. The van der Waals surface area contributed by atoms with Crippen LogP contribution in [0.1, 0.15) is 18.9 Å². The third kappa shape index (κ3) is 3.84. The van der Waals surface area contributed by atoms with Gasteiger partial charge in [0.15, 0.2) is 0 Å². The molecule has 1 atom stereocenters. The Bertz CT molecular complexity index is 445. The van der Waals surface area contributed by atoms with E-state index in [2.05, 4.69) is 18.3 Å². The second kappa shape index (κ2) is 7.12. The summed E-state index contributed by atoms with van der Waals surface area (Å²) in [4.78, 5) is 1.62. The highest BCUT2D eigenvalue weighted by molar-refractivity contribution is 7.99. The van der Waals surface area contributed by atoms with Gasteiger partial charge >= 0.3 is 0 Å². The van der Waals surface area contributed by atoms with Gasteiger partial charge in [0.05, 0.1) is 6.61 Å². The molecule has 19 heavy (non-hydrogen) atoms. The first-order valence-electron chi connectivity index (χ1n) is 6.59. The summed E-state index contributed by atoms with van der Waals surface area (Å²) >= 11 is 6.97. The van der Waals surface area contributed by atoms with Crippen molar-refractivity contribution in [1.29, 1.82) is 0 Å². The molecular weight excluding hydrogens is 276 g/mol. The summed E-state index contributed by atoms with van der Waals surface area (Å²) in [6, 6.07) is 6.17. The van der Waals surface area contributed by atoms with Gasteiger partial charge in [0, 0.05) is 35.2 Å². The fourth-order valence-electron chi connectivity index (χ4n) is 2.21. The van der Waals surface area contributed by atoms with Gasteiger partial charge in [0.1, 0.15) is 4.99 Å². The van der Waals surface area contributed by atoms with Crippen molar-refractivity contribution in [2.45, 2.75) is 18.2 Å². The van der Waals surface area contributed by atoms with E-state index in [0.29, 0.717) is 10.9 Å². The van der Waals surface area contributed by atoms with Crippen LogP contribution in [0, 0.1) is 5.92 Å². The van der Waals surface area contributed by atoms with E-state index in [-0.39, 0.29) is 0 Å². The van der Waals surface area contributed by atoms with Crippen LogP contribution in [0.15, 0.2) is 23.1 Å². The Hall–Kier alpha value is -0.780. The van der Waals surface area contributed by atoms with Gasteiger partial charge in [-0.3, -0.25) is 0 Å². The van der Waals surface area contributed by atoms with Crippen molar-refractivity contribution in [3.8, 4) is 0 Å². The Balaban J connectivity index is 2.13. The predicted octanol–water partition coefficient (Wildman–Crippen LogP) is 2.88. The highest BCUT2D eigenvalue weighted by Crippen LogP contribution is 2.29. The zero-order valence-corrected chi connectivity index (χ0v) is 12.8. The molecule has 1 aliphatic rings. The number of rotatable bonds is 6. The lowest BCUT2D eigenvalue weighted by Crippen LogP contribution is -2.18. The minimum Gasteiger partial charge on any atom is -0.389 e. The van der Waals surface area contributed by atoms with Gasteiger partial charge < -0.3 is 15.8 Å². The van der Waals surface area contributed by atoms with Crippen molar-refractivity contribution in [2.24, 2.45) is 11.7 Å². The van der Waals surface area contributed by atoms with Crippen molar-refractivity contribution in [1.82, 2.24) is 0 Å². The van der Waals surface area contributed by atoms with Crippen LogP contribution in [0.2, 0.25) is 0 Å². The quantitative estimate of drug-likeness (QED) is 0.624. The molecule has 1 aromatic rings. The van der Waals surface area contributed by atoms with Crippen LogP contribution in [0.5, 0.6) is 0 Å². The molecule has 1 fully saturated rings. The van der Waals surface area contributed by atoms with E-state index in [4.69, 9.17) is 22.7 Å². The average Bonchev–Trinajstić information content (AvgIpc) is 2.89. The third-order valence-electron chi connectivity index (χ3n) is 3.18. The fraction of sp³-hybridized carbons (Fsp3) is 0.500. The summed E-state index contributed by atoms with van der Waals surface area (Å²) in [6.07, 6.45) is 1.12. The first-order chi connectivity index (χ1) is 9.22. The number of thioether (sulfide) groups is 1. The topological polar surface area (TPSA) is 47.3 Å². The van der Waals surface area contributed by atoms with Crippen molar-refractivity contribution in [3.05, 3.63) is 23.8 Å². The molecule has 3 nitrogen and oxygen atoms in total. The molecule has 0 saturated carbocycles. The average molecular weight is 296 g/mol. The van der Waals surface area contributed by atoms with Gasteiger partial charge in [0.2, 0.25) is 0 Å². The summed E-state index contributed by atoms with van der Waals surface area (Å²) < 4.78 is 5.39. The minimum absolute atomic E-state index is 0.460. The van der Waals surface area contributed by atoms with E-state index >= 15 is 0 Å².